The van der Waals surface area contributed by atoms with E-state index in [0.717, 1.165) is 30.5 Å². The van der Waals surface area contributed by atoms with Crippen LogP contribution in [0.3, 0.4) is 0 Å². The van der Waals surface area contributed by atoms with Gasteiger partial charge in [-0.15, -0.1) is 0 Å². The lowest BCUT2D eigenvalue weighted by Crippen LogP contribution is -2.30. The smallest absolute Gasteiger partial charge is 0.125 e. The van der Waals surface area contributed by atoms with Crippen LogP contribution in [0, 0.1) is 0 Å². The molecule has 190 valence electrons. The summed E-state index contributed by atoms with van der Waals surface area (Å²) in [5.74, 6) is 2.49. The van der Waals surface area contributed by atoms with E-state index in [9.17, 15) is 0 Å². The van der Waals surface area contributed by atoms with Crippen molar-refractivity contribution in [1.82, 2.24) is 0 Å². The Hall–Kier alpha value is -3.06. The summed E-state index contributed by atoms with van der Waals surface area (Å²) in [6, 6.07) is 26.3. The Morgan fingerprint density at radius 1 is 0.667 bits per heavy atom. The Labute approximate surface area is 213 Å². The third-order valence-corrected chi connectivity index (χ3v) is 6.53. The van der Waals surface area contributed by atoms with Crippen molar-refractivity contribution in [3.63, 3.8) is 0 Å². The number of epoxide rings is 2. The summed E-state index contributed by atoms with van der Waals surface area (Å²) >= 11 is 0. The zero-order valence-corrected chi connectivity index (χ0v) is 20.9. The molecule has 0 aliphatic carbocycles. The number of benzene rings is 3. The largest absolute Gasteiger partial charge is 0.491 e. The molecule has 2 saturated heterocycles. The highest BCUT2D eigenvalue weighted by atomic mass is 16.6. The first-order chi connectivity index (χ1) is 17.6. The predicted octanol–water partition coefficient (Wildman–Crippen LogP) is 5.03. The van der Waals surface area contributed by atoms with Gasteiger partial charge in [-0.25, -0.2) is 0 Å². The van der Waals surface area contributed by atoms with Crippen molar-refractivity contribution in [2.45, 2.75) is 37.6 Å². The van der Waals surface area contributed by atoms with Crippen LogP contribution in [0.25, 0.3) is 0 Å². The fraction of sp³-hybridized carbons (Fsp3) is 0.400. The average Bonchev–Trinajstić information content (AvgIpc) is 3.84. The molecular formula is C30H34O6. The number of ether oxygens (including phenoxy) is 6. The summed E-state index contributed by atoms with van der Waals surface area (Å²) in [6.45, 7) is 7.99. The highest BCUT2D eigenvalue weighted by molar-refractivity contribution is 5.41. The van der Waals surface area contributed by atoms with Gasteiger partial charge in [-0.05, 0) is 47.5 Å². The molecule has 3 aromatic rings. The molecule has 2 aliphatic heterocycles. The van der Waals surface area contributed by atoms with E-state index in [1.165, 1.54) is 11.1 Å². The van der Waals surface area contributed by atoms with Crippen LogP contribution in [0.5, 0.6) is 17.2 Å². The fourth-order valence-electron chi connectivity index (χ4n) is 3.90. The molecule has 36 heavy (non-hydrogen) atoms. The van der Waals surface area contributed by atoms with E-state index in [-0.39, 0.29) is 23.7 Å². The minimum absolute atomic E-state index is 0.157. The van der Waals surface area contributed by atoms with Crippen molar-refractivity contribution < 1.29 is 28.4 Å². The molecule has 2 fully saturated rings. The molecule has 3 unspecified atom stereocenters. The van der Waals surface area contributed by atoms with Crippen LogP contribution in [0.2, 0.25) is 0 Å². The zero-order valence-electron chi connectivity index (χ0n) is 20.9. The maximum atomic E-state index is 6.08. The second-order valence-corrected chi connectivity index (χ2v) is 9.79. The third kappa shape index (κ3) is 7.00. The monoisotopic (exact) mass is 490 g/mol. The van der Waals surface area contributed by atoms with E-state index in [1.54, 1.807) is 0 Å². The van der Waals surface area contributed by atoms with E-state index >= 15 is 0 Å². The van der Waals surface area contributed by atoms with Gasteiger partial charge < -0.3 is 28.4 Å². The van der Waals surface area contributed by atoms with Crippen molar-refractivity contribution in [3.8, 4) is 17.2 Å². The Balaban J connectivity index is 1.15. The highest BCUT2D eigenvalue weighted by Crippen LogP contribution is 2.33. The molecule has 0 N–H and O–H groups in total. The molecule has 2 aliphatic rings. The van der Waals surface area contributed by atoms with E-state index in [2.05, 4.69) is 38.1 Å². The van der Waals surface area contributed by atoms with Gasteiger partial charge in [-0.2, -0.15) is 0 Å². The second kappa shape index (κ2) is 11.3. The molecule has 2 heterocycles. The number of rotatable bonds is 14. The van der Waals surface area contributed by atoms with Crippen LogP contribution in [0.1, 0.15) is 25.0 Å². The second-order valence-electron chi connectivity index (χ2n) is 9.79. The molecule has 3 atom stereocenters. The number of hydrogen-bond acceptors (Lipinski definition) is 6. The summed E-state index contributed by atoms with van der Waals surface area (Å²) in [5, 5.41) is 0. The predicted molar refractivity (Wildman–Crippen MR) is 137 cm³/mol. The fourth-order valence-corrected chi connectivity index (χ4v) is 3.90. The lowest BCUT2D eigenvalue weighted by Gasteiger charge is -2.26. The SMILES string of the molecule is CC(C)(c1ccc(OCC(COc2ccccc2)OCC2CO2)cc1)c1ccc(OCC2CO2)cc1. The van der Waals surface area contributed by atoms with Crippen molar-refractivity contribution in [2.24, 2.45) is 0 Å². The minimum atomic E-state index is -0.197. The molecule has 6 heteroatoms. The zero-order chi connectivity index (χ0) is 24.8. The molecule has 0 spiro atoms. The topological polar surface area (TPSA) is 62.0 Å². The van der Waals surface area contributed by atoms with Gasteiger partial charge in [0.1, 0.15) is 55.4 Å². The lowest BCUT2D eigenvalue weighted by atomic mass is 9.78. The molecule has 3 aromatic carbocycles. The summed E-state index contributed by atoms with van der Waals surface area (Å²) in [7, 11) is 0. The van der Waals surface area contributed by atoms with Gasteiger partial charge in [0.2, 0.25) is 0 Å². The first-order valence-electron chi connectivity index (χ1n) is 12.6. The minimum Gasteiger partial charge on any atom is -0.491 e. The van der Waals surface area contributed by atoms with Gasteiger partial charge in [0, 0.05) is 5.41 Å². The summed E-state index contributed by atoms with van der Waals surface area (Å²) < 4.78 is 34.2. The Morgan fingerprint density at radius 2 is 1.14 bits per heavy atom. The number of para-hydroxylation sites is 1. The third-order valence-electron chi connectivity index (χ3n) is 6.53. The standard InChI is InChI=1S/C30H34O6/c1-30(2,23-10-14-26(15-11-23)33-18-28-19-35-28)22-8-12-25(13-9-22)32-17-27(34-20-29-21-36-29)16-31-24-6-4-3-5-7-24/h3-15,27-29H,16-21H2,1-2H3. The van der Waals surface area contributed by atoms with Gasteiger partial charge in [0.15, 0.2) is 0 Å². The molecule has 6 nitrogen and oxygen atoms in total. The van der Waals surface area contributed by atoms with Gasteiger partial charge in [-0.1, -0.05) is 56.3 Å². The van der Waals surface area contributed by atoms with Crippen LogP contribution in [-0.4, -0.2) is 58.0 Å². The Bertz CT molecular complexity index is 1070. The van der Waals surface area contributed by atoms with Crippen LogP contribution < -0.4 is 14.2 Å². The van der Waals surface area contributed by atoms with E-state index in [0.29, 0.717) is 26.4 Å². The molecule has 0 radical (unpaired) electrons. The summed E-state index contributed by atoms with van der Waals surface area (Å²) in [5.41, 5.74) is 2.27. The molecule has 0 amide bonds. The van der Waals surface area contributed by atoms with Crippen LogP contribution in [-0.2, 0) is 19.6 Å². The Kier molecular flexibility index (Phi) is 7.75. The molecule has 0 bridgehead atoms. The van der Waals surface area contributed by atoms with E-state index < -0.39 is 0 Å². The van der Waals surface area contributed by atoms with Crippen molar-refractivity contribution in [2.75, 3.05) is 39.6 Å². The van der Waals surface area contributed by atoms with Crippen LogP contribution in [0.15, 0.2) is 78.9 Å². The molecular weight excluding hydrogens is 456 g/mol. The van der Waals surface area contributed by atoms with Gasteiger partial charge in [-0.3, -0.25) is 0 Å². The quantitative estimate of drug-likeness (QED) is 0.295. The lowest BCUT2D eigenvalue weighted by molar-refractivity contribution is -0.0131. The molecule has 5 rings (SSSR count). The van der Waals surface area contributed by atoms with E-state index in [1.807, 2.05) is 54.6 Å². The normalized spacial score (nSPS) is 19.4. The van der Waals surface area contributed by atoms with Gasteiger partial charge in [0.25, 0.3) is 0 Å². The van der Waals surface area contributed by atoms with Gasteiger partial charge in [0.05, 0.1) is 19.8 Å². The van der Waals surface area contributed by atoms with Crippen LogP contribution in [0.4, 0.5) is 0 Å². The maximum Gasteiger partial charge on any atom is 0.125 e. The van der Waals surface area contributed by atoms with Crippen molar-refractivity contribution in [3.05, 3.63) is 90.0 Å². The first kappa shape index (κ1) is 24.6. The van der Waals surface area contributed by atoms with Crippen molar-refractivity contribution >= 4 is 0 Å². The van der Waals surface area contributed by atoms with Crippen molar-refractivity contribution in [1.29, 1.82) is 0 Å². The average molecular weight is 491 g/mol. The first-order valence-corrected chi connectivity index (χ1v) is 12.6. The summed E-state index contributed by atoms with van der Waals surface area (Å²) in [6.07, 6.45) is 0.253. The molecule has 0 saturated carbocycles. The number of hydrogen-bond donors (Lipinski definition) is 0. The maximum absolute atomic E-state index is 6.08. The van der Waals surface area contributed by atoms with Crippen LogP contribution >= 0.6 is 0 Å². The Morgan fingerprint density at radius 3 is 1.67 bits per heavy atom. The summed E-state index contributed by atoms with van der Waals surface area (Å²) in [4.78, 5) is 0. The molecule has 0 aromatic heterocycles. The van der Waals surface area contributed by atoms with Gasteiger partial charge >= 0.3 is 0 Å². The highest BCUT2D eigenvalue weighted by Gasteiger charge is 2.26. The van der Waals surface area contributed by atoms with E-state index in [4.69, 9.17) is 28.4 Å².